The molecule has 0 radical (unpaired) electrons. The summed E-state index contributed by atoms with van der Waals surface area (Å²) in [7, 11) is 0. The van der Waals surface area contributed by atoms with E-state index in [0.29, 0.717) is 23.0 Å². The highest BCUT2D eigenvalue weighted by Gasteiger charge is 2.10. The molecule has 6 heteroatoms. The third-order valence-corrected chi connectivity index (χ3v) is 2.27. The van der Waals surface area contributed by atoms with Gasteiger partial charge in [0.1, 0.15) is 0 Å². The molecule has 0 fully saturated rings. The molecule has 0 unspecified atom stereocenters. The zero-order valence-electron chi connectivity index (χ0n) is 9.13. The number of esters is 1. The van der Waals surface area contributed by atoms with Crippen molar-refractivity contribution < 1.29 is 9.53 Å². The van der Waals surface area contributed by atoms with E-state index in [1.807, 2.05) is 0 Å². The number of pyridine rings is 1. The number of rotatable bonds is 3. The molecule has 0 aromatic carbocycles. The topological polar surface area (TPSA) is 57.0 Å². The van der Waals surface area contributed by atoms with Gasteiger partial charge in [-0.15, -0.1) is 0 Å². The van der Waals surface area contributed by atoms with Gasteiger partial charge in [0.25, 0.3) is 0 Å². The van der Waals surface area contributed by atoms with Crippen molar-refractivity contribution in [1.82, 2.24) is 14.8 Å². The van der Waals surface area contributed by atoms with Gasteiger partial charge in [0.05, 0.1) is 18.4 Å². The summed E-state index contributed by atoms with van der Waals surface area (Å²) in [6.45, 7) is 2.08. The second-order valence-electron chi connectivity index (χ2n) is 3.23. The van der Waals surface area contributed by atoms with Crippen molar-refractivity contribution in [2.45, 2.75) is 6.92 Å². The van der Waals surface area contributed by atoms with Crippen molar-refractivity contribution in [3.8, 4) is 5.82 Å². The summed E-state index contributed by atoms with van der Waals surface area (Å²) in [5.41, 5.74) is 0.383. The maximum atomic E-state index is 11.4. The predicted octanol–water partition coefficient (Wildman–Crippen LogP) is 2.10. The fraction of sp³-hybridized carbons (Fsp3) is 0.182. The maximum absolute atomic E-state index is 11.4. The Hall–Kier alpha value is -1.88. The standard InChI is InChI=1S/C11H10ClN3O2/c1-2-17-11(16)8-6-14-15(7-8)10-5-9(12)3-4-13-10/h3-7H,2H2,1H3. The summed E-state index contributed by atoms with van der Waals surface area (Å²) in [5.74, 6) is 0.147. The molecule has 0 aliphatic heterocycles. The van der Waals surface area contributed by atoms with Gasteiger partial charge < -0.3 is 4.74 Å². The molecule has 88 valence electrons. The van der Waals surface area contributed by atoms with Crippen LogP contribution in [-0.2, 0) is 4.74 Å². The van der Waals surface area contributed by atoms with E-state index in [9.17, 15) is 4.79 Å². The van der Waals surface area contributed by atoms with Crippen LogP contribution in [-0.4, -0.2) is 27.3 Å². The number of halogens is 1. The lowest BCUT2D eigenvalue weighted by Crippen LogP contribution is -2.03. The van der Waals surface area contributed by atoms with E-state index in [1.54, 1.807) is 31.5 Å². The molecule has 0 amide bonds. The Labute approximate surface area is 103 Å². The van der Waals surface area contributed by atoms with Crippen LogP contribution in [0.25, 0.3) is 5.82 Å². The molecule has 0 spiro atoms. The quantitative estimate of drug-likeness (QED) is 0.784. The van der Waals surface area contributed by atoms with Crippen LogP contribution < -0.4 is 0 Å². The van der Waals surface area contributed by atoms with Crippen LogP contribution in [0.1, 0.15) is 17.3 Å². The van der Waals surface area contributed by atoms with E-state index in [4.69, 9.17) is 16.3 Å². The van der Waals surface area contributed by atoms with E-state index < -0.39 is 5.97 Å². The van der Waals surface area contributed by atoms with Gasteiger partial charge in [0, 0.05) is 23.5 Å². The lowest BCUT2D eigenvalue weighted by Gasteiger charge is -1.99. The zero-order chi connectivity index (χ0) is 12.3. The van der Waals surface area contributed by atoms with E-state index >= 15 is 0 Å². The third-order valence-electron chi connectivity index (χ3n) is 2.04. The van der Waals surface area contributed by atoms with Crippen LogP contribution in [0.5, 0.6) is 0 Å². The van der Waals surface area contributed by atoms with E-state index in [1.165, 1.54) is 10.9 Å². The monoisotopic (exact) mass is 251 g/mol. The Balaban J connectivity index is 2.27. The minimum absolute atomic E-state index is 0.333. The maximum Gasteiger partial charge on any atom is 0.341 e. The summed E-state index contributed by atoms with van der Waals surface area (Å²) in [5, 5.41) is 4.58. The first-order valence-electron chi connectivity index (χ1n) is 5.04. The lowest BCUT2D eigenvalue weighted by atomic mass is 10.4. The number of carbonyl (C=O) groups is 1. The lowest BCUT2D eigenvalue weighted by molar-refractivity contribution is 0.0526. The van der Waals surface area contributed by atoms with Gasteiger partial charge in [-0.05, 0) is 13.0 Å². The summed E-state index contributed by atoms with van der Waals surface area (Å²) in [6, 6.07) is 3.32. The fourth-order valence-electron chi connectivity index (χ4n) is 1.29. The Kier molecular flexibility index (Phi) is 3.39. The molecule has 2 aromatic rings. The Morgan fingerprint density at radius 1 is 1.59 bits per heavy atom. The highest BCUT2D eigenvalue weighted by molar-refractivity contribution is 6.30. The molecular weight excluding hydrogens is 242 g/mol. The average molecular weight is 252 g/mol. The van der Waals surface area contributed by atoms with Crippen LogP contribution in [0.2, 0.25) is 5.02 Å². The van der Waals surface area contributed by atoms with Crippen LogP contribution in [0.15, 0.2) is 30.7 Å². The first kappa shape index (κ1) is 11.6. The fourth-order valence-corrected chi connectivity index (χ4v) is 1.44. The molecule has 0 atom stereocenters. The number of hydrogen-bond acceptors (Lipinski definition) is 4. The summed E-state index contributed by atoms with van der Waals surface area (Å²) >= 11 is 5.84. The SMILES string of the molecule is CCOC(=O)c1cnn(-c2cc(Cl)ccn2)c1. The van der Waals surface area contributed by atoms with Crippen molar-refractivity contribution in [1.29, 1.82) is 0 Å². The molecule has 2 heterocycles. The Morgan fingerprint density at radius 2 is 2.41 bits per heavy atom. The summed E-state index contributed by atoms with van der Waals surface area (Å²) in [6.07, 6.45) is 4.56. The van der Waals surface area contributed by atoms with Crippen LogP contribution in [0.3, 0.4) is 0 Å². The highest BCUT2D eigenvalue weighted by atomic mass is 35.5. The first-order valence-corrected chi connectivity index (χ1v) is 5.42. The average Bonchev–Trinajstić information content (AvgIpc) is 2.78. The molecule has 0 aliphatic carbocycles. The zero-order valence-corrected chi connectivity index (χ0v) is 9.89. The van der Waals surface area contributed by atoms with Gasteiger partial charge in [0.15, 0.2) is 5.82 Å². The largest absolute Gasteiger partial charge is 0.462 e. The second-order valence-corrected chi connectivity index (χ2v) is 3.66. The Bertz CT molecular complexity index is 539. The summed E-state index contributed by atoms with van der Waals surface area (Å²) in [4.78, 5) is 15.5. The number of hydrogen-bond donors (Lipinski definition) is 0. The molecule has 0 saturated heterocycles. The molecule has 0 N–H and O–H groups in total. The van der Waals surface area contributed by atoms with E-state index in [2.05, 4.69) is 10.1 Å². The highest BCUT2D eigenvalue weighted by Crippen LogP contribution is 2.12. The van der Waals surface area contributed by atoms with E-state index in [0.717, 1.165) is 0 Å². The van der Waals surface area contributed by atoms with Crippen molar-refractivity contribution in [3.63, 3.8) is 0 Å². The Morgan fingerprint density at radius 3 is 3.12 bits per heavy atom. The summed E-state index contributed by atoms with van der Waals surface area (Å²) < 4.78 is 6.33. The number of ether oxygens (including phenoxy) is 1. The van der Waals surface area contributed by atoms with Gasteiger partial charge in [-0.1, -0.05) is 11.6 Å². The molecule has 2 aromatic heterocycles. The molecule has 5 nitrogen and oxygen atoms in total. The number of aromatic nitrogens is 3. The smallest absolute Gasteiger partial charge is 0.341 e. The van der Waals surface area contributed by atoms with Crippen LogP contribution in [0.4, 0.5) is 0 Å². The van der Waals surface area contributed by atoms with Gasteiger partial charge >= 0.3 is 5.97 Å². The van der Waals surface area contributed by atoms with Crippen LogP contribution in [0, 0.1) is 0 Å². The van der Waals surface area contributed by atoms with Gasteiger partial charge in [-0.25, -0.2) is 14.5 Å². The van der Waals surface area contributed by atoms with Crippen molar-refractivity contribution in [2.75, 3.05) is 6.61 Å². The molecule has 0 bridgehead atoms. The molecule has 17 heavy (non-hydrogen) atoms. The molecular formula is C11H10ClN3O2. The van der Waals surface area contributed by atoms with Crippen molar-refractivity contribution >= 4 is 17.6 Å². The van der Waals surface area contributed by atoms with Gasteiger partial charge in [0.2, 0.25) is 0 Å². The number of nitrogens with zero attached hydrogens (tertiary/aromatic N) is 3. The minimum atomic E-state index is -0.402. The molecule has 0 aliphatic rings. The van der Waals surface area contributed by atoms with E-state index in [-0.39, 0.29) is 0 Å². The van der Waals surface area contributed by atoms with Crippen molar-refractivity contribution in [2.24, 2.45) is 0 Å². The molecule has 0 saturated carbocycles. The second kappa shape index (κ2) is 4.97. The van der Waals surface area contributed by atoms with Crippen molar-refractivity contribution in [3.05, 3.63) is 41.3 Å². The normalized spacial score (nSPS) is 10.2. The van der Waals surface area contributed by atoms with Crippen LogP contribution >= 0.6 is 11.6 Å². The number of carbonyl (C=O) groups excluding carboxylic acids is 1. The first-order chi connectivity index (χ1) is 8.20. The third kappa shape index (κ3) is 2.62. The van der Waals surface area contributed by atoms with Gasteiger partial charge in [-0.3, -0.25) is 0 Å². The minimum Gasteiger partial charge on any atom is -0.462 e. The van der Waals surface area contributed by atoms with Gasteiger partial charge in [-0.2, -0.15) is 5.10 Å². The predicted molar refractivity (Wildman–Crippen MR) is 62.3 cm³/mol. The molecule has 2 rings (SSSR count).